The second kappa shape index (κ2) is 4.64. The Kier molecular flexibility index (Phi) is 3.19. The molecule has 0 amide bonds. The van der Waals surface area contributed by atoms with Crippen LogP contribution in [0.1, 0.15) is 26.3 Å². The van der Waals surface area contributed by atoms with Gasteiger partial charge in [0, 0.05) is 0 Å². The van der Waals surface area contributed by atoms with Crippen LogP contribution in [-0.4, -0.2) is 9.97 Å². The summed E-state index contributed by atoms with van der Waals surface area (Å²) in [7, 11) is 0. The molecule has 4 nitrogen and oxygen atoms in total. The molecule has 1 aromatic heterocycles. The molecule has 2 aromatic rings. The van der Waals surface area contributed by atoms with Crippen LogP contribution in [0.4, 0.5) is 5.69 Å². The van der Waals surface area contributed by atoms with Gasteiger partial charge in [-0.05, 0) is 23.1 Å². The molecule has 0 bridgehead atoms. The summed E-state index contributed by atoms with van der Waals surface area (Å²) in [5, 5.41) is 0. The Morgan fingerprint density at radius 3 is 2.67 bits per heavy atom. The second-order valence-electron chi connectivity index (χ2n) is 5.16. The topological polar surface area (TPSA) is 61.0 Å². The monoisotopic (exact) mass is 243 g/mol. The van der Waals surface area contributed by atoms with Gasteiger partial charge >= 0.3 is 0 Å². The van der Waals surface area contributed by atoms with Gasteiger partial charge in [0.15, 0.2) is 0 Å². The Labute approximate surface area is 107 Å². The molecule has 0 spiro atoms. The predicted molar refractivity (Wildman–Crippen MR) is 71.7 cm³/mol. The third-order valence-electron chi connectivity index (χ3n) is 2.62. The molecular formula is C14H17N3O. The molecule has 1 aromatic carbocycles. The Morgan fingerprint density at radius 2 is 2.00 bits per heavy atom. The first kappa shape index (κ1) is 12.4. The number of benzene rings is 1. The number of hydrogen-bond acceptors (Lipinski definition) is 4. The molecule has 0 fully saturated rings. The summed E-state index contributed by atoms with van der Waals surface area (Å²) in [5.41, 5.74) is 7.45. The van der Waals surface area contributed by atoms with Crippen molar-refractivity contribution in [2.75, 3.05) is 5.73 Å². The Morgan fingerprint density at radius 1 is 1.22 bits per heavy atom. The first-order valence-corrected chi connectivity index (χ1v) is 5.81. The fraction of sp³-hybridized carbons (Fsp3) is 0.286. The summed E-state index contributed by atoms with van der Waals surface area (Å²) in [4.78, 5) is 7.83. The maximum absolute atomic E-state index is 5.74. The maximum atomic E-state index is 5.74. The average Bonchev–Trinajstić information content (AvgIpc) is 2.31. The molecule has 0 saturated heterocycles. The number of nitrogen functional groups attached to an aromatic ring is 1. The second-order valence-corrected chi connectivity index (χ2v) is 5.16. The smallest absolute Gasteiger partial charge is 0.245 e. The van der Waals surface area contributed by atoms with E-state index in [1.165, 1.54) is 18.1 Å². The van der Waals surface area contributed by atoms with E-state index < -0.39 is 0 Å². The van der Waals surface area contributed by atoms with Crippen molar-refractivity contribution in [2.24, 2.45) is 0 Å². The summed E-state index contributed by atoms with van der Waals surface area (Å²) in [5.74, 6) is 1.11. The van der Waals surface area contributed by atoms with Gasteiger partial charge in [-0.25, -0.2) is 4.98 Å². The first-order valence-electron chi connectivity index (χ1n) is 5.81. The maximum Gasteiger partial charge on any atom is 0.245 e. The van der Waals surface area contributed by atoms with Gasteiger partial charge < -0.3 is 10.5 Å². The fourth-order valence-corrected chi connectivity index (χ4v) is 1.55. The van der Waals surface area contributed by atoms with Gasteiger partial charge in [0.05, 0.1) is 6.20 Å². The SMILES string of the molecule is CC(C)(C)c1cccc(Oc2ncncc2N)c1. The van der Waals surface area contributed by atoms with Crippen LogP contribution in [-0.2, 0) is 5.41 Å². The van der Waals surface area contributed by atoms with E-state index in [4.69, 9.17) is 10.5 Å². The van der Waals surface area contributed by atoms with Gasteiger partial charge in [-0.3, -0.25) is 0 Å². The van der Waals surface area contributed by atoms with Gasteiger partial charge in [-0.1, -0.05) is 32.9 Å². The molecule has 0 aliphatic rings. The summed E-state index contributed by atoms with van der Waals surface area (Å²) in [6.45, 7) is 6.47. The van der Waals surface area contributed by atoms with Crippen LogP contribution in [0.3, 0.4) is 0 Å². The van der Waals surface area contributed by atoms with E-state index >= 15 is 0 Å². The molecule has 4 heteroatoms. The van der Waals surface area contributed by atoms with Crippen LogP contribution in [0, 0.1) is 0 Å². The summed E-state index contributed by atoms with van der Waals surface area (Å²) in [6, 6.07) is 7.93. The average molecular weight is 243 g/mol. The Hall–Kier alpha value is -2.10. The van der Waals surface area contributed by atoms with E-state index in [0.717, 1.165) is 5.75 Å². The van der Waals surface area contributed by atoms with Crippen molar-refractivity contribution in [3.05, 3.63) is 42.4 Å². The molecule has 0 atom stereocenters. The number of rotatable bonds is 2. The van der Waals surface area contributed by atoms with Crippen LogP contribution >= 0.6 is 0 Å². The normalized spacial score (nSPS) is 11.3. The van der Waals surface area contributed by atoms with Gasteiger partial charge in [-0.2, -0.15) is 4.98 Å². The number of ether oxygens (including phenoxy) is 1. The molecule has 94 valence electrons. The van der Waals surface area contributed by atoms with Gasteiger partial charge in [0.1, 0.15) is 17.8 Å². The highest BCUT2D eigenvalue weighted by molar-refractivity contribution is 5.47. The zero-order valence-electron chi connectivity index (χ0n) is 10.8. The highest BCUT2D eigenvalue weighted by Gasteiger charge is 2.14. The van der Waals surface area contributed by atoms with Crippen molar-refractivity contribution in [2.45, 2.75) is 26.2 Å². The number of nitrogens with two attached hydrogens (primary N) is 1. The van der Waals surface area contributed by atoms with Crippen molar-refractivity contribution in [1.29, 1.82) is 0 Å². The lowest BCUT2D eigenvalue weighted by molar-refractivity contribution is 0.461. The van der Waals surface area contributed by atoms with Crippen molar-refractivity contribution in [3.8, 4) is 11.6 Å². The zero-order chi connectivity index (χ0) is 13.2. The number of aromatic nitrogens is 2. The van der Waals surface area contributed by atoms with Crippen molar-refractivity contribution in [3.63, 3.8) is 0 Å². The molecule has 1 heterocycles. The standard InChI is InChI=1S/C14H17N3O/c1-14(2,3)10-5-4-6-11(7-10)18-13-12(15)8-16-9-17-13/h4-9H,15H2,1-3H3. The third kappa shape index (κ3) is 2.77. The van der Waals surface area contributed by atoms with E-state index in [1.54, 1.807) is 0 Å². The third-order valence-corrected chi connectivity index (χ3v) is 2.62. The van der Waals surface area contributed by atoms with E-state index in [9.17, 15) is 0 Å². The van der Waals surface area contributed by atoms with Crippen LogP contribution < -0.4 is 10.5 Å². The van der Waals surface area contributed by atoms with Crippen LogP contribution in [0.15, 0.2) is 36.8 Å². The highest BCUT2D eigenvalue weighted by Crippen LogP contribution is 2.29. The lowest BCUT2D eigenvalue weighted by Gasteiger charge is -2.19. The molecule has 0 unspecified atom stereocenters. The van der Waals surface area contributed by atoms with Crippen LogP contribution in [0.5, 0.6) is 11.6 Å². The zero-order valence-corrected chi connectivity index (χ0v) is 10.8. The molecule has 0 radical (unpaired) electrons. The van der Waals surface area contributed by atoms with E-state index in [1.807, 2.05) is 18.2 Å². The van der Waals surface area contributed by atoms with Crippen LogP contribution in [0.25, 0.3) is 0 Å². The lowest BCUT2D eigenvalue weighted by Crippen LogP contribution is -2.10. The van der Waals surface area contributed by atoms with E-state index in [2.05, 4.69) is 36.8 Å². The fourth-order valence-electron chi connectivity index (χ4n) is 1.55. The van der Waals surface area contributed by atoms with Gasteiger partial charge in [-0.15, -0.1) is 0 Å². The number of nitrogens with zero attached hydrogens (tertiary/aromatic N) is 2. The predicted octanol–water partition coefficient (Wildman–Crippen LogP) is 3.15. The van der Waals surface area contributed by atoms with E-state index in [0.29, 0.717) is 11.6 Å². The summed E-state index contributed by atoms with van der Waals surface area (Å²) in [6.07, 6.45) is 2.94. The molecule has 0 saturated carbocycles. The quantitative estimate of drug-likeness (QED) is 0.880. The highest BCUT2D eigenvalue weighted by atomic mass is 16.5. The van der Waals surface area contributed by atoms with Crippen molar-refractivity contribution >= 4 is 5.69 Å². The minimum Gasteiger partial charge on any atom is -0.437 e. The van der Waals surface area contributed by atoms with E-state index in [-0.39, 0.29) is 5.41 Å². The minimum atomic E-state index is 0.0799. The van der Waals surface area contributed by atoms with Crippen LogP contribution in [0.2, 0.25) is 0 Å². The molecule has 2 N–H and O–H groups in total. The van der Waals surface area contributed by atoms with Crippen molar-refractivity contribution < 1.29 is 4.74 Å². The molecule has 0 aliphatic heterocycles. The first-order chi connectivity index (χ1) is 8.47. The number of anilines is 1. The summed E-state index contributed by atoms with van der Waals surface area (Å²) >= 11 is 0. The Bertz CT molecular complexity index is 547. The molecule has 2 rings (SSSR count). The minimum absolute atomic E-state index is 0.0799. The molecular weight excluding hydrogens is 226 g/mol. The van der Waals surface area contributed by atoms with Gasteiger partial charge in [0.2, 0.25) is 5.88 Å². The largest absolute Gasteiger partial charge is 0.437 e. The summed E-state index contributed by atoms with van der Waals surface area (Å²) < 4.78 is 5.67. The molecule has 18 heavy (non-hydrogen) atoms. The number of hydrogen-bond donors (Lipinski definition) is 1. The van der Waals surface area contributed by atoms with Crippen molar-refractivity contribution in [1.82, 2.24) is 9.97 Å². The van der Waals surface area contributed by atoms with Gasteiger partial charge in [0.25, 0.3) is 0 Å². The molecule has 0 aliphatic carbocycles. The lowest BCUT2D eigenvalue weighted by atomic mass is 9.87. The Balaban J connectivity index is 2.28.